The first kappa shape index (κ1) is 54.9. The van der Waals surface area contributed by atoms with E-state index >= 15 is 0 Å². The van der Waals surface area contributed by atoms with Crippen LogP contribution in [0, 0.1) is 27.7 Å². The van der Waals surface area contributed by atoms with E-state index in [4.69, 9.17) is 10.9 Å². The van der Waals surface area contributed by atoms with E-state index in [0.29, 0.717) is 6.42 Å². The fourth-order valence-corrected chi connectivity index (χ4v) is 8.47. The Balaban J connectivity index is 0.000000218. The number of nitrogens with one attached hydrogen (secondary N) is 1. The molecular weight excluding hydrogens is 884 g/mol. The summed E-state index contributed by atoms with van der Waals surface area (Å²) in [7, 11) is -3.38. The molecule has 0 unspecified atom stereocenters. The maximum absolute atomic E-state index is 12.1. The molecule has 0 fully saturated rings. The topological polar surface area (TPSA) is 196 Å². The van der Waals surface area contributed by atoms with Crippen molar-refractivity contribution in [3.8, 4) is 0 Å². The molecule has 16 heteroatoms. The molecule has 5 N–H and O–H groups in total. The minimum absolute atomic E-state index is 0. The highest BCUT2D eigenvalue weighted by atomic mass is 35.5. The number of rotatable bonds is 3. The Bertz CT molecular complexity index is 2370. The number of fused-ring (bicyclic) bond motifs is 4. The summed E-state index contributed by atoms with van der Waals surface area (Å²) >= 11 is 0. The van der Waals surface area contributed by atoms with E-state index in [1.807, 2.05) is 115 Å². The predicted molar refractivity (Wildman–Crippen MR) is 268 cm³/mol. The normalized spacial score (nSPS) is 19.0. The molecular formula is C48H71ClN8O4S3. The molecule has 12 nitrogen and oxygen atoms in total. The molecule has 4 aliphatic rings. The van der Waals surface area contributed by atoms with Crippen LogP contribution in [-0.2, 0) is 58.6 Å². The molecule has 0 amide bonds. The Labute approximate surface area is 396 Å². The smallest absolute Gasteiger partial charge is 0.165 e. The monoisotopic (exact) mass is 954 g/mol. The number of hydrogen-bond donors (Lipinski definition) is 3. The number of Topliss-reactive ketones (excluding diaryl/α,β-unsaturated/α-hetero) is 1. The van der Waals surface area contributed by atoms with Crippen molar-refractivity contribution in [2.75, 3.05) is 0 Å². The van der Waals surface area contributed by atoms with Crippen molar-refractivity contribution in [1.29, 1.82) is 0 Å². The van der Waals surface area contributed by atoms with Crippen LogP contribution in [0.5, 0.6) is 0 Å². The minimum atomic E-state index is -1.18. The van der Waals surface area contributed by atoms with Crippen LogP contribution in [0.2, 0.25) is 0 Å². The standard InChI is InChI=1S/C13H20N2OS.C13H18N2OS.C9H12N2.C9H9NO.C4H11NOS.ClH/c2*1-9-7-10-5-6-12(11(10)8-14-9)15-17(16)13(2,3)4;1-6-4-7-2-3-9(10)8(7)5-11-6;1-6-4-7-2-3-9(11)8(7)5-10-6;1-4(2,3)7(5)6;/h7-8,12,15H,5-6H2,1-4H3;7-8H,5-6H2,1-4H3;4-5,9H,2-3,10H2,1H3;4-5H,2-3H2,1H3;5H2,1-3H3;1H/t12-,17+;17-;9-;;7-;/m010.1./s1. The molecule has 4 aromatic rings. The molecule has 64 heavy (non-hydrogen) atoms. The number of pyridine rings is 4. The summed E-state index contributed by atoms with van der Waals surface area (Å²) in [6.45, 7) is 25.3. The van der Waals surface area contributed by atoms with Gasteiger partial charge in [0.1, 0.15) is 11.0 Å². The van der Waals surface area contributed by atoms with E-state index in [1.54, 1.807) is 6.20 Å². The zero-order valence-corrected chi connectivity index (χ0v) is 43.4. The van der Waals surface area contributed by atoms with Crippen LogP contribution in [-0.4, -0.2) is 58.3 Å². The fraction of sp³-hybridized carbons (Fsp3) is 0.542. The average Bonchev–Trinajstić information content (AvgIpc) is 3.97. The van der Waals surface area contributed by atoms with Gasteiger partial charge in [-0.05, 0) is 193 Å². The Kier molecular flexibility index (Phi) is 20.0. The van der Waals surface area contributed by atoms with E-state index in [9.17, 15) is 17.4 Å². The summed E-state index contributed by atoms with van der Waals surface area (Å²) in [5.41, 5.74) is 20.5. The number of nitrogens with two attached hydrogens (primary N) is 2. The number of aryl methyl sites for hydroxylation is 8. The lowest BCUT2D eigenvalue weighted by Gasteiger charge is -2.22. The SMILES string of the molecule is CC(C)(C)[S@](N)=O.Cc1cc2c(cn1)C(=N[S@](=O)C(C)(C)C)CC2.Cc1cc2c(cn1)C(=O)CC2.Cc1cc2c(cn1)[C@@H](N)CC2.Cc1cc2c(cn1)[C@@H](N[S@](=O)C(C)(C)C)CC2.Cl. The van der Waals surface area contributed by atoms with Crippen molar-refractivity contribution < 1.29 is 17.4 Å². The second kappa shape index (κ2) is 23.3. The first-order valence-corrected chi connectivity index (χ1v) is 25.2. The summed E-state index contributed by atoms with van der Waals surface area (Å²) in [6, 6.07) is 8.80. The molecule has 0 aromatic carbocycles. The van der Waals surface area contributed by atoms with Gasteiger partial charge < -0.3 is 5.73 Å². The van der Waals surface area contributed by atoms with Crippen molar-refractivity contribution in [2.24, 2.45) is 15.3 Å². The highest BCUT2D eigenvalue weighted by Crippen LogP contribution is 2.32. The average molecular weight is 956 g/mol. The van der Waals surface area contributed by atoms with Gasteiger partial charge in [-0.3, -0.25) is 29.9 Å². The lowest BCUT2D eigenvalue weighted by molar-refractivity contribution is 0.0994. The lowest BCUT2D eigenvalue weighted by Crippen LogP contribution is -2.35. The fourth-order valence-electron chi connectivity index (χ4n) is 6.94. The number of aromatic nitrogens is 4. The van der Waals surface area contributed by atoms with Gasteiger partial charge in [0, 0.05) is 77.2 Å². The second-order valence-corrected chi connectivity index (χ2v) is 25.2. The summed E-state index contributed by atoms with van der Waals surface area (Å²) in [5.74, 6) is 0.243. The van der Waals surface area contributed by atoms with Gasteiger partial charge in [0.15, 0.2) is 5.78 Å². The van der Waals surface area contributed by atoms with Crippen LogP contribution in [0.4, 0.5) is 0 Å². The number of ketones is 1. The van der Waals surface area contributed by atoms with E-state index < -0.39 is 33.0 Å². The van der Waals surface area contributed by atoms with Crippen LogP contribution < -0.4 is 15.6 Å². The number of hydrogen-bond acceptors (Lipinski definition) is 9. The maximum atomic E-state index is 12.1. The van der Waals surface area contributed by atoms with E-state index in [1.165, 1.54) is 33.4 Å². The van der Waals surface area contributed by atoms with Crippen molar-refractivity contribution >= 4 is 56.9 Å². The first-order valence-electron chi connectivity index (χ1n) is 21.7. The first-order chi connectivity index (χ1) is 29.2. The van der Waals surface area contributed by atoms with E-state index in [-0.39, 0.29) is 44.5 Å². The molecule has 4 aromatic heterocycles. The van der Waals surface area contributed by atoms with Crippen LogP contribution >= 0.6 is 12.4 Å². The molecule has 0 saturated heterocycles. The van der Waals surface area contributed by atoms with Gasteiger partial charge in [-0.25, -0.2) is 17.3 Å². The van der Waals surface area contributed by atoms with Crippen LogP contribution in [0.15, 0.2) is 53.5 Å². The number of nitrogens with zero attached hydrogens (tertiary/aromatic N) is 5. The van der Waals surface area contributed by atoms with Gasteiger partial charge >= 0.3 is 0 Å². The van der Waals surface area contributed by atoms with Gasteiger partial charge in [0.25, 0.3) is 0 Å². The van der Waals surface area contributed by atoms with Crippen LogP contribution in [0.25, 0.3) is 0 Å². The van der Waals surface area contributed by atoms with Crippen molar-refractivity contribution in [3.05, 3.63) is 116 Å². The Morgan fingerprint density at radius 2 is 1.03 bits per heavy atom. The molecule has 352 valence electrons. The second-order valence-electron chi connectivity index (χ2n) is 19.5. The highest BCUT2D eigenvalue weighted by molar-refractivity contribution is 7.85. The quantitative estimate of drug-likeness (QED) is 0.180. The van der Waals surface area contributed by atoms with Crippen LogP contribution in [0.3, 0.4) is 0 Å². The molecule has 0 spiro atoms. The predicted octanol–water partition coefficient (Wildman–Crippen LogP) is 8.70. The number of carbonyl (C=O) groups is 1. The minimum Gasteiger partial charge on any atom is -0.324 e. The Morgan fingerprint density at radius 1 is 0.594 bits per heavy atom. The molecule has 0 radical (unpaired) electrons. The van der Waals surface area contributed by atoms with Gasteiger partial charge in [-0.2, -0.15) is 4.40 Å². The lowest BCUT2D eigenvalue weighted by atomic mass is 10.1. The molecule has 0 saturated carbocycles. The highest BCUT2D eigenvalue weighted by Gasteiger charge is 2.29. The number of carbonyl (C=O) groups excluding carboxylic acids is 1. The van der Waals surface area contributed by atoms with Crippen molar-refractivity contribution in [2.45, 2.75) is 168 Å². The summed E-state index contributed by atoms with van der Waals surface area (Å²) < 4.78 is 41.3. The van der Waals surface area contributed by atoms with E-state index in [2.05, 4.69) is 47.3 Å². The summed E-state index contributed by atoms with van der Waals surface area (Å²) in [5, 5.41) is 5.04. The molecule has 8 rings (SSSR count). The molecule has 5 atom stereocenters. The molecule has 0 bridgehead atoms. The zero-order chi connectivity index (χ0) is 47.0. The third kappa shape index (κ3) is 15.9. The van der Waals surface area contributed by atoms with Gasteiger partial charge in [0.2, 0.25) is 0 Å². The van der Waals surface area contributed by atoms with Crippen molar-refractivity contribution in [1.82, 2.24) is 24.7 Å². The largest absolute Gasteiger partial charge is 0.324 e. The molecule has 0 aliphatic heterocycles. The summed E-state index contributed by atoms with van der Waals surface area (Å²) in [6.07, 6.45) is 15.1. The van der Waals surface area contributed by atoms with Gasteiger partial charge in [0.05, 0.1) is 41.9 Å². The van der Waals surface area contributed by atoms with Crippen LogP contribution in [0.1, 0.15) is 172 Å². The maximum Gasteiger partial charge on any atom is 0.165 e. The molecule has 4 heterocycles. The van der Waals surface area contributed by atoms with Gasteiger partial charge in [-0.1, -0.05) is 0 Å². The van der Waals surface area contributed by atoms with E-state index in [0.717, 1.165) is 84.6 Å². The summed E-state index contributed by atoms with van der Waals surface area (Å²) in [4.78, 5) is 28.1. The third-order valence-corrected chi connectivity index (χ3v) is 15.0. The van der Waals surface area contributed by atoms with Crippen molar-refractivity contribution in [3.63, 3.8) is 0 Å². The van der Waals surface area contributed by atoms with Gasteiger partial charge in [-0.15, -0.1) is 12.4 Å². The third-order valence-electron chi connectivity index (χ3n) is 10.8. The zero-order valence-electron chi connectivity index (χ0n) is 40.1. The Hall–Kier alpha value is -3.44. The molecule has 4 aliphatic carbocycles. The Morgan fingerprint density at radius 3 is 1.55 bits per heavy atom. The number of halogens is 1.